The zero-order valence-corrected chi connectivity index (χ0v) is 17.4. The Labute approximate surface area is 171 Å². The molecule has 0 aromatic heterocycles. The molecule has 0 radical (unpaired) electrons. The second-order valence-corrected chi connectivity index (χ2v) is 8.61. The highest BCUT2D eigenvalue weighted by Gasteiger charge is 2.31. The van der Waals surface area contributed by atoms with Crippen LogP contribution in [0.25, 0.3) is 0 Å². The monoisotopic (exact) mass is 409 g/mol. The number of para-hydroxylation sites is 1. The van der Waals surface area contributed by atoms with Crippen molar-refractivity contribution in [3.05, 3.63) is 89.5 Å². The first-order chi connectivity index (χ1) is 13.8. The highest BCUT2D eigenvalue weighted by atomic mass is 32.2. The average Bonchev–Trinajstić information content (AvgIpc) is 2.70. The van der Waals surface area contributed by atoms with Gasteiger partial charge in [-0.05, 0) is 56.2 Å². The molecule has 0 aliphatic carbocycles. The van der Waals surface area contributed by atoms with Crippen LogP contribution in [-0.4, -0.2) is 20.9 Å². The molecule has 0 heterocycles. The largest absolute Gasteiger partial charge is 0.483 e. The molecule has 0 fully saturated rings. The minimum Gasteiger partial charge on any atom is -0.483 e. The number of rotatable bonds is 6. The van der Waals surface area contributed by atoms with Crippen molar-refractivity contribution in [1.82, 2.24) is 0 Å². The first kappa shape index (κ1) is 20.6. The van der Waals surface area contributed by atoms with E-state index in [-0.39, 0.29) is 10.6 Å². The molecule has 0 aliphatic heterocycles. The van der Waals surface area contributed by atoms with Gasteiger partial charge in [0.25, 0.3) is 15.9 Å². The van der Waals surface area contributed by atoms with E-state index < -0.39 is 22.5 Å². The molecule has 3 aromatic rings. The molecule has 3 aromatic carbocycles. The van der Waals surface area contributed by atoms with E-state index in [1.807, 2.05) is 39.0 Å². The summed E-state index contributed by atoms with van der Waals surface area (Å²) in [6, 6.07) is 20.3. The lowest BCUT2D eigenvalue weighted by atomic mass is 10.1. The minimum absolute atomic E-state index is 0.0426. The second kappa shape index (κ2) is 8.49. The summed E-state index contributed by atoms with van der Waals surface area (Å²) in [5, 5.41) is 0. The third kappa shape index (κ3) is 4.49. The molecule has 150 valence electrons. The Morgan fingerprint density at radius 1 is 0.828 bits per heavy atom. The van der Waals surface area contributed by atoms with Gasteiger partial charge in [-0.3, -0.25) is 4.79 Å². The van der Waals surface area contributed by atoms with Crippen molar-refractivity contribution in [3.63, 3.8) is 0 Å². The van der Waals surface area contributed by atoms with E-state index in [1.165, 1.54) is 12.1 Å². The van der Waals surface area contributed by atoms with Crippen LogP contribution in [0.3, 0.4) is 0 Å². The molecule has 5 nitrogen and oxygen atoms in total. The van der Waals surface area contributed by atoms with Gasteiger partial charge in [-0.15, -0.1) is 0 Å². The van der Waals surface area contributed by atoms with Crippen molar-refractivity contribution in [1.29, 1.82) is 0 Å². The van der Waals surface area contributed by atoms with Crippen LogP contribution in [0.1, 0.15) is 16.7 Å². The summed E-state index contributed by atoms with van der Waals surface area (Å²) in [5.41, 5.74) is 3.00. The van der Waals surface area contributed by atoms with Gasteiger partial charge in [-0.1, -0.05) is 54.1 Å². The first-order valence-electron chi connectivity index (χ1n) is 9.19. The molecule has 0 N–H and O–H groups in total. The average molecular weight is 410 g/mol. The number of anilines is 1. The molecule has 6 heteroatoms. The zero-order valence-electron chi connectivity index (χ0n) is 16.6. The third-order valence-electron chi connectivity index (χ3n) is 4.53. The van der Waals surface area contributed by atoms with Crippen LogP contribution in [0.5, 0.6) is 5.75 Å². The van der Waals surface area contributed by atoms with Crippen LogP contribution in [0.2, 0.25) is 0 Å². The summed E-state index contributed by atoms with van der Waals surface area (Å²) < 4.78 is 33.1. The summed E-state index contributed by atoms with van der Waals surface area (Å²) in [6.45, 7) is 5.26. The van der Waals surface area contributed by atoms with Gasteiger partial charge in [0.2, 0.25) is 0 Å². The van der Waals surface area contributed by atoms with Crippen LogP contribution in [0, 0.1) is 20.8 Å². The molecule has 0 atom stereocenters. The number of hydrogen-bond donors (Lipinski definition) is 0. The van der Waals surface area contributed by atoms with Crippen LogP contribution in [0.4, 0.5) is 5.69 Å². The minimum atomic E-state index is -4.09. The smallest absolute Gasteiger partial charge is 0.278 e. The number of amides is 1. The molecule has 0 unspecified atom stereocenters. The Bertz CT molecular complexity index is 1090. The van der Waals surface area contributed by atoms with Crippen LogP contribution >= 0.6 is 0 Å². The molecular formula is C23H23NO4S. The topological polar surface area (TPSA) is 63.7 Å². The number of hydrogen-bond acceptors (Lipinski definition) is 4. The van der Waals surface area contributed by atoms with E-state index in [2.05, 4.69) is 0 Å². The highest BCUT2D eigenvalue weighted by Crippen LogP contribution is 2.26. The van der Waals surface area contributed by atoms with Crippen molar-refractivity contribution in [2.45, 2.75) is 25.7 Å². The lowest BCUT2D eigenvalue weighted by Crippen LogP contribution is -2.40. The molecule has 0 bridgehead atoms. The van der Waals surface area contributed by atoms with Crippen molar-refractivity contribution >= 4 is 21.6 Å². The van der Waals surface area contributed by atoms with E-state index in [0.29, 0.717) is 5.75 Å². The summed E-state index contributed by atoms with van der Waals surface area (Å²) in [7, 11) is -4.09. The maximum absolute atomic E-state index is 13.3. The summed E-state index contributed by atoms with van der Waals surface area (Å²) in [6.07, 6.45) is 0. The van der Waals surface area contributed by atoms with Crippen LogP contribution in [0.15, 0.2) is 77.7 Å². The Morgan fingerprint density at radius 3 is 2.00 bits per heavy atom. The fourth-order valence-electron chi connectivity index (χ4n) is 3.01. The Morgan fingerprint density at radius 2 is 1.41 bits per heavy atom. The highest BCUT2D eigenvalue weighted by molar-refractivity contribution is 7.93. The zero-order chi connectivity index (χ0) is 21.0. The van der Waals surface area contributed by atoms with Crippen LogP contribution < -0.4 is 9.04 Å². The summed E-state index contributed by atoms with van der Waals surface area (Å²) in [4.78, 5) is 13.1. The summed E-state index contributed by atoms with van der Waals surface area (Å²) in [5.74, 6) is -0.0813. The molecular weight excluding hydrogens is 386 g/mol. The number of benzene rings is 3. The first-order valence-corrected chi connectivity index (χ1v) is 10.6. The van der Waals surface area contributed by atoms with Crippen molar-refractivity contribution in [2.24, 2.45) is 0 Å². The molecule has 29 heavy (non-hydrogen) atoms. The van der Waals surface area contributed by atoms with Gasteiger partial charge in [-0.25, -0.2) is 8.42 Å². The van der Waals surface area contributed by atoms with Crippen LogP contribution in [-0.2, 0) is 14.8 Å². The predicted molar refractivity (Wildman–Crippen MR) is 114 cm³/mol. The fourth-order valence-corrected chi connectivity index (χ4v) is 4.45. The second-order valence-electron chi connectivity index (χ2n) is 6.82. The van der Waals surface area contributed by atoms with Gasteiger partial charge in [0.05, 0.1) is 10.6 Å². The van der Waals surface area contributed by atoms with Gasteiger partial charge in [-0.2, -0.15) is 4.31 Å². The van der Waals surface area contributed by atoms with Gasteiger partial charge in [0.1, 0.15) is 5.75 Å². The number of sulfonamides is 1. The van der Waals surface area contributed by atoms with E-state index in [1.54, 1.807) is 42.5 Å². The lowest BCUT2D eigenvalue weighted by molar-refractivity contribution is -0.119. The Hall–Kier alpha value is -3.12. The maximum atomic E-state index is 13.3. The molecule has 0 spiro atoms. The van der Waals surface area contributed by atoms with Crippen molar-refractivity contribution in [3.8, 4) is 5.75 Å². The fraction of sp³-hybridized carbons (Fsp3) is 0.174. The van der Waals surface area contributed by atoms with E-state index in [0.717, 1.165) is 21.0 Å². The molecule has 0 saturated heterocycles. The normalized spacial score (nSPS) is 11.1. The number of aryl methyl sites for hydroxylation is 3. The van der Waals surface area contributed by atoms with Gasteiger partial charge in [0, 0.05) is 0 Å². The van der Waals surface area contributed by atoms with E-state index in [9.17, 15) is 13.2 Å². The number of ether oxygens (including phenoxy) is 1. The SMILES string of the molecule is Cc1ccc(N(C(=O)COc2c(C)cccc2C)S(=O)(=O)c2ccccc2)cc1. The van der Waals surface area contributed by atoms with Crippen molar-refractivity contribution in [2.75, 3.05) is 10.9 Å². The lowest BCUT2D eigenvalue weighted by Gasteiger charge is -2.23. The Balaban J connectivity index is 1.97. The quantitative estimate of drug-likeness (QED) is 0.605. The third-order valence-corrected chi connectivity index (χ3v) is 6.29. The van der Waals surface area contributed by atoms with Crippen molar-refractivity contribution < 1.29 is 17.9 Å². The maximum Gasteiger partial charge on any atom is 0.278 e. The van der Waals surface area contributed by atoms with E-state index >= 15 is 0 Å². The molecule has 1 amide bonds. The molecule has 0 aliphatic rings. The van der Waals surface area contributed by atoms with Gasteiger partial charge in [0.15, 0.2) is 6.61 Å². The number of carbonyl (C=O) groups is 1. The predicted octanol–water partition coefficient (Wildman–Crippen LogP) is 4.41. The molecule has 3 rings (SSSR count). The molecule has 0 saturated carbocycles. The number of nitrogens with zero attached hydrogens (tertiary/aromatic N) is 1. The summed E-state index contributed by atoms with van der Waals surface area (Å²) >= 11 is 0. The van der Waals surface area contributed by atoms with E-state index in [4.69, 9.17) is 4.74 Å². The van der Waals surface area contributed by atoms with Gasteiger partial charge >= 0.3 is 0 Å². The standard InChI is InChI=1S/C23H23NO4S/c1-17-12-14-20(15-13-17)24(29(26,27)21-10-5-4-6-11-21)22(25)16-28-23-18(2)8-7-9-19(23)3/h4-15H,16H2,1-3H3. The van der Waals surface area contributed by atoms with Gasteiger partial charge < -0.3 is 4.74 Å². The Kier molecular flexibility index (Phi) is 6.03. The number of carbonyl (C=O) groups excluding carboxylic acids is 1.